The second-order valence-corrected chi connectivity index (χ2v) is 9.85. The highest BCUT2D eigenvalue weighted by Crippen LogP contribution is 2.47. The summed E-state index contributed by atoms with van der Waals surface area (Å²) in [7, 11) is 0. The molecular formula is C24H34O2. The van der Waals surface area contributed by atoms with Gasteiger partial charge in [-0.25, -0.2) is 0 Å². The zero-order valence-electron chi connectivity index (χ0n) is 17.5. The van der Waals surface area contributed by atoms with Crippen LogP contribution in [0.3, 0.4) is 0 Å². The Bertz CT molecular complexity index is 785. The first-order valence-corrected chi connectivity index (χ1v) is 9.81. The third-order valence-corrected chi connectivity index (χ3v) is 5.51. The summed E-state index contributed by atoms with van der Waals surface area (Å²) >= 11 is 0. The van der Waals surface area contributed by atoms with E-state index in [1.54, 1.807) is 0 Å². The molecule has 0 amide bonds. The van der Waals surface area contributed by atoms with E-state index in [-0.39, 0.29) is 16.6 Å². The normalized spacial score (nSPS) is 20.9. The van der Waals surface area contributed by atoms with Gasteiger partial charge in [-0.3, -0.25) is 0 Å². The van der Waals surface area contributed by atoms with Crippen LogP contribution >= 0.6 is 0 Å². The number of hydrogen-bond donors (Lipinski definition) is 0. The van der Waals surface area contributed by atoms with Gasteiger partial charge in [0.2, 0.25) is 0 Å². The van der Waals surface area contributed by atoms with Crippen LogP contribution < -0.4 is 4.74 Å². The molecule has 0 bridgehead atoms. The molecule has 2 nitrogen and oxygen atoms in total. The molecule has 142 valence electrons. The molecule has 3 rings (SSSR count). The molecule has 0 saturated carbocycles. The number of hydrogen-bond acceptors (Lipinski definition) is 2. The third-order valence-electron chi connectivity index (χ3n) is 5.51. The van der Waals surface area contributed by atoms with E-state index in [1.165, 1.54) is 21.9 Å². The number of benzene rings is 2. The Hall–Kier alpha value is -1.54. The van der Waals surface area contributed by atoms with Crippen molar-refractivity contribution in [2.75, 3.05) is 6.61 Å². The van der Waals surface area contributed by atoms with E-state index in [0.717, 1.165) is 31.6 Å². The van der Waals surface area contributed by atoms with Gasteiger partial charge in [0.25, 0.3) is 0 Å². The quantitative estimate of drug-likeness (QED) is 0.616. The number of rotatable bonds is 4. The lowest BCUT2D eigenvalue weighted by Crippen LogP contribution is -2.49. The van der Waals surface area contributed by atoms with Crippen molar-refractivity contribution in [2.45, 2.75) is 78.9 Å². The maximum absolute atomic E-state index is 6.25. The molecule has 1 aliphatic heterocycles. The molecule has 1 heterocycles. The van der Waals surface area contributed by atoms with Gasteiger partial charge in [0, 0.05) is 0 Å². The summed E-state index contributed by atoms with van der Waals surface area (Å²) in [6, 6.07) is 10.9. The second kappa shape index (κ2) is 6.56. The Balaban J connectivity index is 1.68. The predicted molar refractivity (Wildman–Crippen MR) is 110 cm³/mol. The monoisotopic (exact) mass is 354 g/mol. The zero-order valence-corrected chi connectivity index (χ0v) is 17.5. The van der Waals surface area contributed by atoms with Gasteiger partial charge in [-0.15, -0.1) is 0 Å². The van der Waals surface area contributed by atoms with Crippen molar-refractivity contribution in [1.29, 1.82) is 0 Å². The molecule has 0 spiro atoms. The third kappa shape index (κ3) is 4.40. The first-order chi connectivity index (χ1) is 12.0. The Labute approximate surface area is 158 Å². The van der Waals surface area contributed by atoms with E-state index in [2.05, 4.69) is 78.8 Å². The highest BCUT2D eigenvalue weighted by atomic mass is 16.5. The van der Waals surface area contributed by atoms with Gasteiger partial charge >= 0.3 is 0 Å². The van der Waals surface area contributed by atoms with Crippen molar-refractivity contribution in [2.24, 2.45) is 5.41 Å². The van der Waals surface area contributed by atoms with Crippen LogP contribution in [0.15, 0.2) is 30.3 Å². The maximum Gasteiger partial charge on any atom is 0.119 e. The fourth-order valence-electron chi connectivity index (χ4n) is 5.35. The topological polar surface area (TPSA) is 18.5 Å². The van der Waals surface area contributed by atoms with Crippen LogP contribution in [0.2, 0.25) is 0 Å². The minimum atomic E-state index is -0.0749. The van der Waals surface area contributed by atoms with Gasteiger partial charge < -0.3 is 9.47 Å². The summed E-state index contributed by atoms with van der Waals surface area (Å²) in [5.74, 6) is 0.969. The van der Waals surface area contributed by atoms with Crippen LogP contribution in [0, 0.1) is 19.3 Å². The van der Waals surface area contributed by atoms with Crippen LogP contribution in [0.25, 0.3) is 10.8 Å². The van der Waals surface area contributed by atoms with E-state index in [1.807, 2.05) is 0 Å². The summed E-state index contributed by atoms with van der Waals surface area (Å²) in [4.78, 5) is 0. The Morgan fingerprint density at radius 2 is 1.58 bits per heavy atom. The summed E-state index contributed by atoms with van der Waals surface area (Å²) in [6.45, 7) is 16.3. The van der Waals surface area contributed by atoms with Crippen LogP contribution in [0.5, 0.6) is 5.75 Å². The van der Waals surface area contributed by atoms with Crippen LogP contribution in [-0.2, 0) is 4.74 Å². The summed E-state index contributed by atoms with van der Waals surface area (Å²) in [6.07, 6.45) is 3.19. The molecule has 0 atom stereocenters. The molecule has 26 heavy (non-hydrogen) atoms. The molecule has 0 N–H and O–H groups in total. The molecule has 0 radical (unpaired) electrons. The molecule has 1 saturated heterocycles. The van der Waals surface area contributed by atoms with Crippen LogP contribution in [0.4, 0.5) is 0 Å². The van der Waals surface area contributed by atoms with Gasteiger partial charge in [-0.2, -0.15) is 0 Å². The minimum absolute atomic E-state index is 0.0749. The van der Waals surface area contributed by atoms with Gasteiger partial charge in [0.05, 0.1) is 17.8 Å². The number of ether oxygens (including phenoxy) is 2. The Morgan fingerprint density at radius 1 is 0.923 bits per heavy atom. The van der Waals surface area contributed by atoms with Gasteiger partial charge in [0.15, 0.2) is 0 Å². The Morgan fingerprint density at radius 3 is 2.23 bits per heavy atom. The smallest absolute Gasteiger partial charge is 0.119 e. The van der Waals surface area contributed by atoms with Crippen LogP contribution in [0.1, 0.15) is 65.0 Å². The summed E-state index contributed by atoms with van der Waals surface area (Å²) < 4.78 is 12.4. The first kappa shape index (κ1) is 19.2. The van der Waals surface area contributed by atoms with E-state index in [0.29, 0.717) is 0 Å². The Kier molecular flexibility index (Phi) is 4.85. The molecule has 0 aliphatic carbocycles. The largest absolute Gasteiger partial charge is 0.494 e. The lowest BCUT2D eigenvalue weighted by Gasteiger charge is -2.50. The van der Waals surface area contributed by atoms with E-state index in [9.17, 15) is 0 Å². The second-order valence-electron chi connectivity index (χ2n) is 9.85. The fourth-order valence-corrected chi connectivity index (χ4v) is 5.35. The average molecular weight is 355 g/mol. The summed E-state index contributed by atoms with van der Waals surface area (Å²) in [5.41, 5.74) is 2.72. The van der Waals surface area contributed by atoms with Gasteiger partial charge in [-0.1, -0.05) is 30.7 Å². The lowest BCUT2D eigenvalue weighted by atomic mass is 9.68. The van der Waals surface area contributed by atoms with Gasteiger partial charge in [0.1, 0.15) is 5.75 Å². The van der Waals surface area contributed by atoms with E-state index in [4.69, 9.17) is 9.47 Å². The average Bonchev–Trinajstić information content (AvgIpc) is 2.42. The van der Waals surface area contributed by atoms with Crippen molar-refractivity contribution in [1.82, 2.24) is 0 Å². The number of aryl methyl sites for hydroxylation is 2. The molecule has 2 aromatic rings. The molecular weight excluding hydrogens is 320 g/mol. The molecule has 1 fully saturated rings. The standard InChI is InChI=1S/C24H34O2/c1-17-12-18(2)21-9-8-20(14-19(21)13-17)25-11-10-24(7)15-22(3,4)26-23(5,6)16-24/h8-9,12-14H,10-11,15-16H2,1-7H3. The van der Waals surface area contributed by atoms with Crippen LogP contribution in [-0.4, -0.2) is 17.8 Å². The first-order valence-electron chi connectivity index (χ1n) is 9.81. The number of fused-ring (bicyclic) bond motifs is 1. The van der Waals surface area contributed by atoms with Crippen molar-refractivity contribution in [3.8, 4) is 5.75 Å². The van der Waals surface area contributed by atoms with E-state index >= 15 is 0 Å². The van der Waals surface area contributed by atoms with Crippen molar-refractivity contribution in [3.05, 3.63) is 41.5 Å². The highest BCUT2D eigenvalue weighted by Gasteiger charge is 2.45. The molecule has 0 aromatic heterocycles. The van der Waals surface area contributed by atoms with Gasteiger partial charge in [-0.05, 0) is 94.7 Å². The SMILES string of the molecule is Cc1cc(C)c2ccc(OCCC3(C)CC(C)(C)OC(C)(C)C3)cc2c1. The fraction of sp³-hybridized carbons (Fsp3) is 0.583. The lowest BCUT2D eigenvalue weighted by molar-refractivity contribution is -0.195. The minimum Gasteiger partial charge on any atom is -0.494 e. The van der Waals surface area contributed by atoms with E-state index < -0.39 is 0 Å². The molecule has 2 heteroatoms. The maximum atomic E-state index is 6.25. The molecule has 2 aromatic carbocycles. The highest BCUT2D eigenvalue weighted by molar-refractivity contribution is 5.87. The van der Waals surface area contributed by atoms with Crippen molar-refractivity contribution in [3.63, 3.8) is 0 Å². The molecule has 1 aliphatic rings. The molecule has 0 unspecified atom stereocenters. The predicted octanol–water partition coefficient (Wildman–Crippen LogP) is 6.60. The van der Waals surface area contributed by atoms with Crippen molar-refractivity contribution < 1.29 is 9.47 Å². The zero-order chi connectivity index (χ0) is 19.2. The van der Waals surface area contributed by atoms with Crippen molar-refractivity contribution >= 4 is 10.8 Å². The summed E-state index contributed by atoms with van der Waals surface area (Å²) in [5, 5.41) is 2.57.